The van der Waals surface area contributed by atoms with Crippen molar-refractivity contribution in [2.45, 2.75) is 77.7 Å². The SMILES string of the molecule is CC(C)(C)OC(=O)NC1COCCC1CO[Si](C)(C)C(C)(C)C. The fourth-order valence-electron chi connectivity index (χ4n) is 2.13. The molecule has 5 nitrogen and oxygen atoms in total. The molecule has 2 unspecified atom stereocenters. The van der Waals surface area contributed by atoms with Gasteiger partial charge in [0.1, 0.15) is 5.60 Å². The lowest BCUT2D eigenvalue weighted by molar-refractivity contribution is 0.00601. The Morgan fingerprint density at radius 1 is 1.22 bits per heavy atom. The summed E-state index contributed by atoms with van der Waals surface area (Å²) in [6.45, 7) is 18.7. The lowest BCUT2D eigenvalue weighted by Crippen LogP contribution is -2.51. The zero-order valence-electron chi connectivity index (χ0n) is 16.1. The smallest absolute Gasteiger partial charge is 0.407 e. The summed E-state index contributed by atoms with van der Waals surface area (Å²) in [6, 6.07) is -0.0524. The van der Waals surface area contributed by atoms with E-state index in [1.807, 2.05) is 20.8 Å². The Bertz CT molecular complexity index is 398. The maximum absolute atomic E-state index is 12.0. The predicted molar refractivity (Wildman–Crippen MR) is 95.2 cm³/mol. The van der Waals surface area contributed by atoms with Gasteiger partial charge in [-0.1, -0.05) is 20.8 Å². The minimum Gasteiger partial charge on any atom is -0.444 e. The minimum absolute atomic E-state index is 0.0524. The Labute approximate surface area is 142 Å². The van der Waals surface area contributed by atoms with Gasteiger partial charge in [-0.3, -0.25) is 0 Å². The van der Waals surface area contributed by atoms with Crippen LogP contribution < -0.4 is 5.32 Å². The second-order valence-corrected chi connectivity index (χ2v) is 13.8. The molecule has 0 aromatic heterocycles. The van der Waals surface area contributed by atoms with E-state index in [1.165, 1.54) is 0 Å². The molecule has 1 rings (SSSR count). The van der Waals surface area contributed by atoms with E-state index in [0.29, 0.717) is 13.2 Å². The molecule has 0 aromatic rings. The van der Waals surface area contributed by atoms with Crippen molar-refractivity contribution in [1.82, 2.24) is 5.32 Å². The van der Waals surface area contributed by atoms with E-state index >= 15 is 0 Å². The Morgan fingerprint density at radius 2 is 1.83 bits per heavy atom. The molecule has 2 atom stereocenters. The molecule has 1 fully saturated rings. The molecule has 6 heteroatoms. The van der Waals surface area contributed by atoms with E-state index < -0.39 is 13.9 Å². The molecule has 0 aromatic carbocycles. The zero-order chi connectivity index (χ0) is 17.9. The van der Waals surface area contributed by atoms with Gasteiger partial charge in [0.2, 0.25) is 0 Å². The van der Waals surface area contributed by atoms with E-state index in [4.69, 9.17) is 13.9 Å². The summed E-state index contributed by atoms with van der Waals surface area (Å²) in [5.74, 6) is 0.269. The van der Waals surface area contributed by atoms with E-state index in [-0.39, 0.29) is 23.1 Å². The van der Waals surface area contributed by atoms with Gasteiger partial charge in [0.25, 0.3) is 0 Å². The van der Waals surface area contributed by atoms with Crippen LogP contribution in [0, 0.1) is 5.92 Å². The highest BCUT2D eigenvalue weighted by Crippen LogP contribution is 2.37. The Hall–Kier alpha value is -0.593. The molecule has 136 valence electrons. The van der Waals surface area contributed by atoms with E-state index in [1.54, 1.807) is 0 Å². The summed E-state index contributed by atoms with van der Waals surface area (Å²) in [4.78, 5) is 12.0. The average Bonchev–Trinajstić information content (AvgIpc) is 2.34. The molecule has 0 bridgehead atoms. The number of carbonyl (C=O) groups is 1. The number of rotatable bonds is 4. The second-order valence-electron chi connectivity index (χ2n) is 8.95. The molecular formula is C17H35NO4Si. The summed E-state index contributed by atoms with van der Waals surface area (Å²) in [7, 11) is -1.78. The van der Waals surface area contributed by atoms with Gasteiger partial charge < -0.3 is 19.2 Å². The zero-order valence-corrected chi connectivity index (χ0v) is 17.1. The van der Waals surface area contributed by atoms with Crippen molar-refractivity contribution in [3.05, 3.63) is 0 Å². The average molecular weight is 346 g/mol. The third-order valence-electron chi connectivity index (χ3n) is 4.67. The molecule has 1 saturated heterocycles. The van der Waals surface area contributed by atoms with Gasteiger partial charge in [-0.25, -0.2) is 4.79 Å². The molecule has 0 radical (unpaired) electrons. The topological polar surface area (TPSA) is 56.8 Å². The highest BCUT2D eigenvalue weighted by Gasteiger charge is 2.39. The van der Waals surface area contributed by atoms with Crippen LogP contribution in [-0.2, 0) is 13.9 Å². The number of amides is 1. The Morgan fingerprint density at radius 3 is 2.35 bits per heavy atom. The maximum Gasteiger partial charge on any atom is 0.407 e. The molecule has 23 heavy (non-hydrogen) atoms. The van der Waals surface area contributed by atoms with Crippen molar-refractivity contribution in [3.63, 3.8) is 0 Å². The number of hydrogen-bond acceptors (Lipinski definition) is 4. The number of ether oxygens (including phenoxy) is 2. The van der Waals surface area contributed by atoms with Gasteiger partial charge in [0, 0.05) is 19.1 Å². The Balaban J connectivity index is 2.60. The number of hydrogen-bond donors (Lipinski definition) is 1. The van der Waals surface area contributed by atoms with Crippen molar-refractivity contribution in [2.75, 3.05) is 19.8 Å². The molecule has 0 saturated carbocycles. The van der Waals surface area contributed by atoms with Crippen LogP contribution in [0.25, 0.3) is 0 Å². The number of nitrogens with one attached hydrogen (secondary N) is 1. The summed E-state index contributed by atoms with van der Waals surface area (Å²) < 4.78 is 17.2. The largest absolute Gasteiger partial charge is 0.444 e. The quantitative estimate of drug-likeness (QED) is 0.784. The fourth-order valence-corrected chi connectivity index (χ4v) is 3.20. The fraction of sp³-hybridized carbons (Fsp3) is 0.941. The summed E-state index contributed by atoms with van der Waals surface area (Å²) in [5.41, 5.74) is -0.493. The predicted octanol–water partition coefficient (Wildman–Crippen LogP) is 3.94. The van der Waals surface area contributed by atoms with Crippen molar-refractivity contribution < 1.29 is 18.7 Å². The first-order chi connectivity index (χ1) is 10.3. The Kier molecular flexibility index (Phi) is 6.70. The van der Waals surface area contributed by atoms with Crippen molar-refractivity contribution >= 4 is 14.4 Å². The van der Waals surface area contributed by atoms with Crippen LogP contribution in [0.4, 0.5) is 4.79 Å². The third-order valence-corrected chi connectivity index (χ3v) is 9.17. The van der Waals surface area contributed by atoms with Gasteiger partial charge in [-0.2, -0.15) is 0 Å². The molecule has 0 aliphatic carbocycles. The van der Waals surface area contributed by atoms with Crippen LogP contribution in [0.15, 0.2) is 0 Å². The minimum atomic E-state index is -1.78. The lowest BCUT2D eigenvalue weighted by atomic mass is 9.96. The van der Waals surface area contributed by atoms with Crippen LogP contribution in [0.2, 0.25) is 18.1 Å². The normalized spacial score (nSPS) is 23.5. The number of carbonyl (C=O) groups excluding carboxylic acids is 1. The lowest BCUT2D eigenvalue weighted by Gasteiger charge is -2.39. The summed E-state index contributed by atoms with van der Waals surface area (Å²) in [5, 5.41) is 3.14. The van der Waals surface area contributed by atoms with E-state index in [9.17, 15) is 4.79 Å². The van der Waals surface area contributed by atoms with Crippen LogP contribution in [-0.4, -0.2) is 45.9 Å². The highest BCUT2D eigenvalue weighted by atomic mass is 28.4. The molecule has 1 amide bonds. The summed E-state index contributed by atoms with van der Waals surface area (Å²) >= 11 is 0. The van der Waals surface area contributed by atoms with Crippen molar-refractivity contribution in [1.29, 1.82) is 0 Å². The first-order valence-electron chi connectivity index (χ1n) is 8.53. The van der Waals surface area contributed by atoms with Crippen LogP contribution in [0.5, 0.6) is 0 Å². The number of alkyl carbamates (subject to hydrolysis) is 1. The van der Waals surface area contributed by atoms with Gasteiger partial charge in [0.15, 0.2) is 8.32 Å². The van der Waals surface area contributed by atoms with Crippen LogP contribution >= 0.6 is 0 Å². The van der Waals surface area contributed by atoms with Gasteiger partial charge in [0.05, 0.1) is 12.6 Å². The standard InChI is InChI=1S/C17H35NO4Si/c1-16(2,3)22-15(19)18-14-12-20-10-9-13(14)11-21-23(7,8)17(4,5)6/h13-14H,9-12H2,1-8H3,(H,18,19). The molecule has 1 heterocycles. The van der Waals surface area contributed by atoms with Gasteiger partial charge >= 0.3 is 6.09 Å². The first-order valence-corrected chi connectivity index (χ1v) is 11.4. The summed E-state index contributed by atoms with van der Waals surface area (Å²) in [6.07, 6.45) is 0.514. The third kappa shape index (κ3) is 6.81. The van der Waals surface area contributed by atoms with Crippen molar-refractivity contribution in [2.24, 2.45) is 5.92 Å². The molecular weight excluding hydrogens is 310 g/mol. The second kappa shape index (κ2) is 7.53. The molecule has 1 aliphatic rings. The van der Waals surface area contributed by atoms with Crippen LogP contribution in [0.3, 0.4) is 0 Å². The van der Waals surface area contributed by atoms with Crippen molar-refractivity contribution in [3.8, 4) is 0 Å². The maximum atomic E-state index is 12.0. The first kappa shape index (κ1) is 20.5. The monoisotopic (exact) mass is 345 g/mol. The molecule has 1 aliphatic heterocycles. The van der Waals surface area contributed by atoms with E-state index in [2.05, 4.69) is 39.2 Å². The van der Waals surface area contributed by atoms with Gasteiger partial charge in [-0.15, -0.1) is 0 Å². The van der Waals surface area contributed by atoms with Crippen LogP contribution in [0.1, 0.15) is 48.0 Å². The van der Waals surface area contributed by atoms with E-state index in [0.717, 1.165) is 13.0 Å². The molecule has 1 N–H and O–H groups in total. The highest BCUT2D eigenvalue weighted by molar-refractivity contribution is 6.74. The molecule has 0 spiro atoms. The van der Waals surface area contributed by atoms with Gasteiger partial charge in [-0.05, 0) is 45.3 Å².